The number of nitrogens with one attached hydrogen (secondary N) is 2. The van der Waals surface area contributed by atoms with Crippen molar-refractivity contribution in [2.24, 2.45) is 5.10 Å². The van der Waals surface area contributed by atoms with Crippen LogP contribution in [0, 0.1) is 0 Å². The average molecular weight is 519 g/mol. The van der Waals surface area contributed by atoms with Crippen LogP contribution in [-0.2, 0) is 24.3 Å². The maximum atomic E-state index is 12.3. The molecule has 1 atom stereocenters. The second-order valence-electron chi connectivity index (χ2n) is 8.06. The molecule has 2 N–H and O–H groups in total. The van der Waals surface area contributed by atoms with Gasteiger partial charge in [0.25, 0.3) is 11.8 Å². The number of hydrogen-bond acceptors (Lipinski definition) is 8. The number of rotatable bonds is 12. The Morgan fingerprint density at radius 1 is 1.17 bits per heavy atom. The number of carbonyl (C=O) groups is 2. The summed E-state index contributed by atoms with van der Waals surface area (Å²) in [5.41, 5.74) is 3.29. The van der Waals surface area contributed by atoms with Gasteiger partial charge in [-0.2, -0.15) is 5.10 Å². The van der Waals surface area contributed by atoms with Gasteiger partial charge >= 0.3 is 0 Å². The number of benzene rings is 2. The van der Waals surface area contributed by atoms with Gasteiger partial charge in [0, 0.05) is 19.2 Å². The molecule has 1 aliphatic heterocycles. The van der Waals surface area contributed by atoms with Crippen LogP contribution in [0.25, 0.3) is 0 Å². The highest BCUT2D eigenvalue weighted by atomic mass is 32.2. The molecule has 0 radical (unpaired) electrons. The SMILES string of the molecule is COc1cccc(N(CC(=O)N/N=C\c2ccc(OCC(=O)NC[C@@H]3CCCO3)cc2)S(C)(=O)=O)c1. The maximum absolute atomic E-state index is 12.3. The predicted molar refractivity (Wildman–Crippen MR) is 135 cm³/mol. The Morgan fingerprint density at radius 2 is 1.94 bits per heavy atom. The summed E-state index contributed by atoms with van der Waals surface area (Å²) in [5, 5.41) is 6.67. The molecule has 1 saturated heterocycles. The lowest BCUT2D eigenvalue weighted by molar-refractivity contribution is -0.123. The molecule has 0 aliphatic carbocycles. The maximum Gasteiger partial charge on any atom is 0.260 e. The lowest BCUT2D eigenvalue weighted by Gasteiger charge is -2.21. The number of anilines is 1. The van der Waals surface area contributed by atoms with Gasteiger partial charge in [-0.1, -0.05) is 6.07 Å². The van der Waals surface area contributed by atoms with Crippen LogP contribution in [0.5, 0.6) is 11.5 Å². The van der Waals surface area contributed by atoms with Gasteiger partial charge in [0.2, 0.25) is 10.0 Å². The fourth-order valence-electron chi connectivity index (χ4n) is 3.39. The molecule has 0 bridgehead atoms. The highest BCUT2D eigenvalue weighted by molar-refractivity contribution is 7.92. The average Bonchev–Trinajstić information content (AvgIpc) is 3.39. The van der Waals surface area contributed by atoms with Crippen LogP contribution in [0.15, 0.2) is 53.6 Å². The first kappa shape index (κ1) is 27.0. The number of ether oxygens (including phenoxy) is 3. The molecule has 2 aromatic rings. The topological polar surface area (TPSA) is 136 Å². The van der Waals surface area contributed by atoms with Crippen LogP contribution in [0.3, 0.4) is 0 Å². The predicted octanol–water partition coefficient (Wildman–Crippen LogP) is 1.29. The monoisotopic (exact) mass is 518 g/mol. The van der Waals surface area contributed by atoms with Crippen LogP contribution in [0.2, 0.25) is 0 Å². The van der Waals surface area contributed by atoms with E-state index >= 15 is 0 Å². The van der Waals surface area contributed by atoms with Gasteiger partial charge in [0.15, 0.2) is 6.61 Å². The standard InChI is InChI=1S/C24H30N4O7S/c1-33-21-6-3-5-19(13-21)28(36(2,31)32)16-23(29)27-26-14-18-8-10-20(11-9-18)35-17-24(30)25-15-22-7-4-12-34-22/h3,5-6,8-11,13-14,22H,4,7,12,15-17H2,1-2H3,(H,25,30)(H,27,29)/b26-14-/t22-/m0/s1. The number of nitrogens with zero attached hydrogens (tertiary/aromatic N) is 2. The van der Waals surface area contributed by atoms with Crippen molar-refractivity contribution in [1.82, 2.24) is 10.7 Å². The van der Waals surface area contributed by atoms with E-state index in [9.17, 15) is 18.0 Å². The number of hydrogen-bond donors (Lipinski definition) is 2. The van der Waals surface area contributed by atoms with Gasteiger partial charge in [-0.3, -0.25) is 13.9 Å². The van der Waals surface area contributed by atoms with Crippen LogP contribution in [0.4, 0.5) is 5.69 Å². The van der Waals surface area contributed by atoms with Crippen molar-refractivity contribution < 1.29 is 32.2 Å². The molecule has 2 amide bonds. The summed E-state index contributed by atoms with van der Waals surface area (Å²) in [4.78, 5) is 24.2. The molecule has 1 aliphatic rings. The molecule has 1 heterocycles. The summed E-state index contributed by atoms with van der Waals surface area (Å²) in [6, 6.07) is 13.1. The van der Waals surface area contributed by atoms with Crippen molar-refractivity contribution in [3.05, 3.63) is 54.1 Å². The molecule has 0 spiro atoms. The number of carbonyl (C=O) groups excluding carboxylic acids is 2. The molecule has 36 heavy (non-hydrogen) atoms. The van der Waals surface area contributed by atoms with Crippen molar-refractivity contribution >= 4 is 33.7 Å². The van der Waals surface area contributed by atoms with E-state index in [1.54, 1.807) is 42.5 Å². The summed E-state index contributed by atoms with van der Waals surface area (Å²) in [5.74, 6) is 0.126. The van der Waals surface area contributed by atoms with Gasteiger partial charge in [0.1, 0.15) is 18.0 Å². The quantitative estimate of drug-likeness (QED) is 0.319. The Bertz CT molecular complexity index is 1160. The normalized spacial score (nSPS) is 15.4. The van der Waals surface area contributed by atoms with Gasteiger partial charge in [-0.15, -0.1) is 0 Å². The summed E-state index contributed by atoms with van der Waals surface area (Å²) < 4.78 is 41.4. The largest absolute Gasteiger partial charge is 0.497 e. The first-order chi connectivity index (χ1) is 17.2. The Kier molecular flexibility index (Phi) is 9.65. The Morgan fingerprint density at radius 3 is 2.61 bits per heavy atom. The lowest BCUT2D eigenvalue weighted by Crippen LogP contribution is -2.39. The Labute approximate surface area is 210 Å². The minimum atomic E-state index is -3.72. The second-order valence-corrected chi connectivity index (χ2v) is 9.97. The van der Waals surface area contributed by atoms with Crippen molar-refractivity contribution in [1.29, 1.82) is 0 Å². The van der Waals surface area contributed by atoms with Crippen molar-refractivity contribution in [2.75, 3.05) is 44.0 Å². The molecule has 194 valence electrons. The number of methoxy groups -OCH3 is 1. The van der Waals surface area contributed by atoms with E-state index in [-0.39, 0.29) is 18.6 Å². The highest BCUT2D eigenvalue weighted by Crippen LogP contribution is 2.22. The zero-order chi connectivity index (χ0) is 26.0. The molecule has 11 nitrogen and oxygen atoms in total. The van der Waals surface area contributed by atoms with E-state index in [2.05, 4.69) is 15.8 Å². The molecule has 12 heteroatoms. The Hall–Kier alpha value is -3.64. The third kappa shape index (κ3) is 8.54. The molecule has 1 fully saturated rings. The van der Waals surface area contributed by atoms with Crippen molar-refractivity contribution in [3.63, 3.8) is 0 Å². The van der Waals surface area contributed by atoms with E-state index in [1.165, 1.54) is 19.4 Å². The van der Waals surface area contributed by atoms with Crippen LogP contribution >= 0.6 is 0 Å². The summed E-state index contributed by atoms with van der Waals surface area (Å²) in [6.45, 7) is 0.648. The third-order valence-corrected chi connectivity index (χ3v) is 6.37. The van der Waals surface area contributed by atoms with Gasteiger partial charge in [-0.25, -0.2) is 13.8 Å². The number of amides is 2. The highest BCUT2D eigenvalue weighted by Gasteiger charge is 2.21. The molecule has 0 unspecified atom stereocenters. The third-order valence-electron chi connectivity index (χ3n) is 5.23. The summed E-state index contributed by atoms with van der Waals surface area (Å²) in [6.07, 6.45) is 4.46. The first-order valence-electron chi connectivity index (χ1n) is 11.3. The number of sulfonamides is 1. The van der Waals surface area contributed by atoms with Crippen molar-refractivity contribution in [2.45, 2.75) is 18.9 Å². The number of hydrazone groups is 1. The van der Waals surface area contributed by atoms with Gasteiger partial charge in [0.05, 0.1) is 31.4 Å². The van der Waals surface area contributed by atoms with Gasteiger partial charge < -0.3 is 19.5 Å². The Balaban J connectivity index is 1.46. The molecule has 2 aromatic carbocycles. The van der Waals surface area contributed by atoms with Crippen molar-refractivity contribution in [3.8, 4) is 11.5 Å². The molecule has 0 aromatic heterocycles. The molecular formula is C24H30N4O7S. The zero-order valence-electron chi connectivity index (χ0n) is 20.2. The lowest BCUT2D eigenvalue weighted by atomic mass is 10.2. The fraction of sp³-hybridized carbons (Fsp3) is 0.375. The zero-order valence-corrected chi connectivity index (χ0v) is 21.0. The molecule has 3 rings (SSSR count). The smallest absolute Gasteiger partial charge is 0.260 e. The van der Waals surface area contributed by atoms with Crippen LogP contribution in [-0.4, -0.2) is 72.2 Å². The molecular weight excluding hydrogens is 488 g/mol. The second kappa shape index (κ2) is 12.9. The van der Waals surface area contributed by atoms with E-state index in [0.717, 1.165) is 30.0 Å². The van der Waals surface area contributed by atoms with Gasteiger partial charge in [-0.05, 0) is 54.8 Å². The molecule has 0 saturated carbocycles. The fourth-order valence-corrected chi connectivity index (χ4v) is 4.24. The van der Waals surface area contributed by atoms with E-state index in [4.69, 9.17) is 14.2 Å². The minimum absolute atomic E-state index is 0.0734. The van der Waals surface area contributed by atoms with E-state index < -0.39 is 22.5 Å². The summed E-state index contributed by atoms with van der Waals surface area (Å²) >= 11 is 0. The summed E-state index contributed by atoms with van der Waals surface area (Å²) in [7, 11) is -2.26. The van der Waals surface area contributed by atoms with Crippen LogP contribution < -0.4 is 24.5 Å². The first-order valence-corrected chi connectivity index (χ1v) is 13.1. The van der Waals surface area contributed by atoms with E-state index in [1.807, 2.05) is 0 Å². The van der Waals surface area contributed by atoms with E-state index in [0.29, 0.717) is 29.3 Å². The minimum Gasteiger partial charge on any atom is -0.497 e. The van der Waals surface area contributed by atoms with Crippen LogP contribution in [0.1, 0.15) is 18.4 Å².